The topological polar surface area (TPSA) is 41.5 Å². The summed E-state index contributed by atoms with van der Waals surface area (Å²) in [5.74, 6) is 1.41. The van der Waals surface area contributed by atoms with Gasteiger partial charge in [0.05, 0.1) is 7.11 Å². The first-order chi connectivity index (χ1) is 9.19. The molecule has 1 aliphatic rings. The van der Waals surface area contributed by atoms with Crippen molar-refractivity contribution in [2.24, 2.45) is 0 Å². The predicted octanol–water partition coefficient (Wildman–Crippen LogP) is 2.66. The lowest BCUT2D eigenvalue weighted by Gasteiger charge is -2.28. The fourth-order valence-corrected chi connectivity index (χ4v) is 3.18. The third-order valence-electron chi connectivity index (χ3n) is 3.93. The van der Waals surface area contributed by atoms with Crippen molar-refractivity contribution in [1.82, 2.24) is 5.32 Å². The molecule has 2 N–H and O–H groups in total. The molecule has 2 rings (SSSR count). The zero-order chi connectivity index (χ0) is 13.8. The summed E-state index contributed by atoms with van der Waals surface area (Å²) in [6.45, 7) is 4.25. The highest BCUT2D eigenvalue weighted by molar-refractivity contribution is 6.31. The Morgan fingerprint density at radius 3 is 2.68 bits per heavy atom. The lowest BCUT2D eigenvalue weighted by Crippen LogP contribution is -2.27. The van der Waals surface area contributed by atoms with Gasteiger partial charge in [0.2, 0.25) is 0 Å². The molecule has 0 amide bonds. The Morgan fingerprint density at radius 2 is 2.11 bits per heavy atom. The summed E-state index contributed by atoms with van der Waals surface area (Å²) in [5, 5.41) is 13.4. The molecule has 1 aromatic rings. The molecular formula is C15H22ClNO2. The van der Waals surface area contributed by atoms with Crippen LogP contribution < -0.4 is 10.1 Å². The van der Waals surface area contributed by atoms with Crippen LogP contribution >= 0.6 is 11.6 Å². The van der Waals surface area contributed by atoms with Crippen LogP contribution in [0.4, 0.5) is 0 Å². The van der Waals surface area contributed by atoms with Crippen molar-refractivity contribution >= 4 is 11.6 Å². The van der Waals surface area contributed by atoms with Crippen molar-refractivity contribution in [1.29, 1.82) is 0 Å². The molecule has 0 bridgehead atoms. The van der Waals surface area contributed by atoms with Gasteiger partial charge in [0.1, 0.15) is 5.75 Å². The van der Waals surface area contributed by atoms with E-state index in [1.165, 1.54) is 5.56 Å². The highest BCUT2D eigenvalue weighted by Gasteiger charge is 2.24. The van der Waals surface area contributed by atoms with Crippen LogP contribution in [0.25, 0.3) is 0 Å². The number of hydrogen-bond donors (Lipinski definition) is 2. The van der Waals surface area contributed by atoms with Crippen molar-refractivity contribution in [3.63, 3.8) is 0 Å². The Bertz CT molecular complexity index is 442. The van der Waals surface area contributed by atoms with E-state index in [4.69, 9.17) is 16.3 Å². The SMILES string of the molecule is COc1c(CCO)cc(Cl)c(C)c1C1CCNCC1. The Kier molecular flexibility index (Phi) is 5.08. The van der Waals surface area contributed by atoms with Crippen LogP contribution in [0.15, 0.2) is 6.07 Å². The van der Waals surface area contributed by atoms with E-state index in [1.54, 1.807) is 7.11 Å². The fraction of sp³-hybridized carbons (Fsp3) is 0.600. The van der Waals surface area contributed by atoms with Crippen LogP contribution in [0.2, 0.25) is 5.02 Å². The minimum Gasteiger partial charge on any atom is -0.496 e. The highest BCUT2D eigenvalue weighted by Crippen LogP contribution is 2.40. The first kappa shape index (κ1) is 14.6. The molecular weight excluding hydrogens is 262 g/mol. The molecule has 0 saturated carbocycles. The maximum atomic E-state index is 9.19. The normalized spacial score (nSPS) is 16.6. The second kappa shape index (κ2) is 6.60. The summed E-state index contributed by atoms with van der Waals surface area (Å²) in [6, 6.07) is 1.93. The minimum atomic E-state index is 0.113. The number of rotatable bonds is 4. The number of methoxy groups -OCH3 is 1. The maximum absolute atomic E-state index is 9.19. The molecule has 0 atom stereocenters. The average molecular weight is 284 g/mol. The zero-order valence-electron chi connectivity index (χ0n) is 11.6. The highest BCUT2D eigenvalue weighted by atomic mass is 35.5. The van der Waals surface area contributed by atoms with Crippen LogP contribution in [-0.2, 0) is 6.42 Å². The second-order valence-electron chi connectivity index (χ2n) is 5.09. The van der Waals surface area contributed by atoms with Crippen LogP contribution in [0.5, 0.6) is 5.75 Å². The van der Waals surface area contributed by atoms with Crippen LogP contribution in [-0.4, -0.2) is 31.9 Å². The number of piperidine rings is 1. The first-order valence-electron chi connectivity index (χ1n) is 6.86. The zero-order valence-corrected chi connectivity index (χ0v) is 12.4. The summed E-state index contributed by atoms with van der Waals surface area (Å²) in [7, 11) is 1.70. The van der Waals surface area contributed by atoms with E-state index < -0.39 is 0 Å². The van der Waals surface area contributed by atoms with Gasteiger partial charge in [0, 0.05) is 17.2 Å². The maximum Gasteiger partial charge on any atom is 0.125 e. The van der Waals surface area contributed by atoms with Gasteiger partial charge in [-0.25, -0.2) is 0 Å². The monoisotopic (exact) mass is 283 g/mol. The van der Waals surface area contributed by atoms with Gasteiger partial charge in [0.15, 0.2) is 0 Å². The lowest BCUT2D eigenvalue weighted by molar-refractivity contribution is 0.296. The molecule has 4 heteroatoms. The predicted molar refractivity (Wildman–Crippen MR) is 78.4 cm³/mol. The number of aliphatic hydroxyl groups is 1. The van der Waals surface area contributed by atoms with Crippen LogP contribution in [0.3, 0.4) is 0 Å². The summed E-state index contributed by atoms with van der Waals surface area (Å²) in [5.41, 5.74) is 3.36. The molecule has 0 unspecified atom stereocenters. The van der Waals surface area contributed by atoms with Gasteiger partial charge in [-0.05, 0) is 62.4 Å². The molecule has 0 radical (unpaired) electrons. The van der Waals surface area contributed by atoms with Crippen molar-refractivity contribution < 1.29 is 9.84 Å². The molecule has 0 aliphatic carbocycles. The van der Waals surface area contributed by atoms with Gasteiger partial charge in [-0.15, -0.1) is 0 Å². The molecule has 1 fully saturated rings. The Morgan fingerprint density at radius 1 is 1.42 bits per heavy atom. The number of nitrogens with one attached hydrogen (secondary N) is 1. The van der Waals surface area contributed by atoms with Gasteiger partial charge < -0.3 is 15.2 Å². The summed E-state index contributed by atoms with van der Waals surface area (Å²) in [4.78, 5) is 0. The number of hydrogen-bond acceptors (Lipinski definition) is 3. The number of benzene rings is 1. The van der Waals surface area contributed by atoms with E-state index >= 15 is 0 Å². The molecule has 0 aromatic heterocycles. The smallest absolute Gasteiger partial charge is 0.125 e. The Balaban J connectivity index is 2.48. The third-order valence-corrected chi connectivity index (χ3v) is 4.32. The average Bonchev–Trinajstić information content (AvgIpc) is 2.43. The minimum absolute atomic E-state index is 0.113. The quantitative estimate of drug-likeness (QED) is 0.893. The van der Waals surface area contributed by atoms with Crippen molar-refractivity contribution in [3.05, 3.63) is 27.8 Å². The van der Waals surface area contributed by atoms with E-state index in [9.17, 15) is 5.11 Å². The molecule has 0 spiro atoms. The number of ether oxygens (including phenoxy) is 1. The molecule has 1 aliphatic heterocycles. The van der Waals surface area contributed by atoms with Crippen LogP contribution in [0, 0.1) is 6.92 Å². The van der Waals surface area contributed by atoms with Crippen LogP contribution in [0.1, 0.15) is 35.4 Å². The molecule has 1 aromatic carbocycles. The van der Waals surface area contributed by atoms with Gasteiger partial charge >= 0.3 is 0 Å². The van der Waals surface area contributed by atoms with Gasteiger partial charge in [-0.2, -0.15) is 0 Å². The van der Waals surface area contributed by atoms with E-state index in [0.717, 1.165) is 47.8 Å². The summed E-state index contributed by atoms with van der Waals surface area (Å²) in [6.07, 6.45) is 2.80. The molecule has 106 valence electrons. The lowest BCUT2D eigenvalue weighted by atomic mass is 9.85. The molecule has 3 nitrogen and oxygen atoms in total. The van der Waals surface area contributed by atoms with E-state index in [-0.39, 0.29) is 6.61 Å². The Hall–Kier alpha value is -0.770. The van der Waals surface area contributed by atoms with Crippen molar-refractivity contribution in [3.8, 4) is 5.75 Å². The molecule has 1 heterocycles. The fourth-order valence-electron chi connectivity index (χ4n) is 2.95. The van der Waals surface area contributed by atoms with Gasteiger partial charge in [-0.1, -0.05) is 11.6 Å². The van der Waals surface area contributed by atoms with Crippen molar-refractivity contribution in [2.45, 2.75) is 32.1 Å². The van der Waals surface area contributed by atoms with E-state index in [1.807, 2.05) is 6.07 Å². The molecule has 19 heavy (non-hydrogen) atoms. The van der Waals surface area contributed by atoms with E-state index in [0.29, 0.717) is 12.3 Å². The summed E-state index contributed by atoms with van der Waals surface area (Å²) < 4.78 is 5.63. The summed E-state index contributed by atoms with van der Waals surface area (Å²) >= 11 is 6.35. The first-order valence-corrected chi connectivity index (χ1v) is 7.24. The molecule has 1 saturated heterocycles. The second-order valence-corrected chi connectivity index (χ2v) is 5.49. The standard InChI is InChI=1S/C15H22ClNO2/c1-10-13(16)9-12(5-8-18)15(19-2)14(10)11-3-6-17-7-4-11/h9,11,17-18H,3-8H2,1-2H3. The number of halogens is 1. The van der Waals surface area contributed by atoms with Crippen molar-refractivity contribution in [2.75, 3.05) is 26.8 Å². The Labute approximate surface area is 119 Å². The third kappa shape index (κ3) is 3.04. The van der Waals surface area contributed by atoms with E-state index in [2.05, 4.69) is 12.2 Å². The largest absolute Gasteiger partial charge is 0.496 e. The number of aliphatic hydroxyl groups excluding tert-OH is 1. The van der Waals surface area contributed by atoms with Gasteiger partial charge in [0.25, 0.3) is 0 Å². The van der Waals surface area contributed by atoms with Gasteiger partial charge in [-0.3, -0.25) is 0 Å².